The van der Waals surface area contributed by atoms with E-state index in [-0.39, 0.29) is 11.9 Å². The van der Waals surface area contributed by atoms with Crippen molar-refractivity contribution in [1.82, 2.24) is 4.90 Å². The molecule has 130 valence electrons. The second kappa shape index (κ2) is 7.24. The van der Waals surface area contributed by atoms with Gasteiger partial charge in [-0.15, -0.1) is 0 Å². The highest BCUT2D eigenvalue weighted by Crippen LogP contribution is 2.40. The maximum atomic E-state index is 12.7. The normalized spacial score (nSPS) is 26.0. The van der Waals surface area contributed by atoms with Crippen molar-refractivity contribution in [2.45, 2.75) is 57.5 Å². The molecule has 1 saturated heterocycles. The molecular formula is C19H26N2O3. The number of hydrogen-bond donors (Lipinski definition) is 2. The molecule has 2 fully saturated rings. The fourth-order valence-electron chi connectivity index (χ4n) is 4.24. The summed E-state index contributed by atoms with van der Waals surface area (Å²) in [4.78, 5) is 26.0. The average Bonchev–Trinajstić information content (AvgIpc) is 2.96. The van der Waals surface area contributed by atoms with E-state index in [4.69, 9.17) is 0 Å². The summed E-state index contributed by atoms with van der Waals surface area (Å²) in [7, 11) is 0. The van der Waals surface area contributed by atoms with Crippen LogP contribution >= 0.6 is 0 Å². The number of rotatable bonds is 5. The van der Waals surface area contributed by atoms with Crippen LogP contribution in [0.4, 0.5) is 5.69 Å². The third-order valence-corrected chi connectivity index (χ3v) is 5.46. The number of anilines is 1. The van der Waals surface area contributed by atoms with Crippen LogP contribution in [0.15, 0.2) is 24.3 Å². The van der Waals surface area contributed by atoms with E-state index < -0.39 is 12.0 Å². The lowest BCUT2D eigenvalue weighted by atomic mass is 9.84. The van der Waals surface area contributed by atoms with Crippen molar-refractivity contribution in [3.05, 3.63) is 29.8 Å². The molecule has 1 saturated carbocycles. The van der Waals surface area contributed by atoms with Gasteiger partial charge in [-0.25, -0.2) is 4.79 Å². The van der Waals surface area contributed by atoms with Crippen LogP contribution in [0.2, 0.25) is 0 Å². The van der Waals surface area contributed by atoms with Gasteiger partial charge in [0.25, 0.3) is 0 Å². The van der Waals surface area contributed by atoms with Gasteiger partial charge in [0.2, 0.25) is 5.91 Å². The van der Waals surface area contributed by atoms with Gasteiger partial charge in [-0.2, -0.15) is 0 Å². The molecule has 5 nitrogen and oxygen atoms in total. The number of hydrogen-bond acceptors (Lipinski definition) is 3. The second-order valence-electron chi connectivity index (χ2n) is 6.99. The summed E-state index contributed by atoms with van der Waals surface area (Å²) in [5, 5.41) is 12.8. The molecular weight excluding hydrogens is 304 g/mol. The summed E-state index contributed by atoms with van der Waals surface area (Å²) in [6.07, 6.45) is 5.21. The lowest BCUT2D eigenvalue weighted by Crippen LogP contribution is -2.46. The number of likely N-dealkylation sites (tertiary alicyclic amines) is 1. The van der Waals surface area contributed by atoms with E-state index >= 15 is 0 Å². The zero-order valence-electron chi connectivity index (χ0n) is 14.2. The van der Waals surface area contributed by atoms with E-state index in [0.717, 1.165) is 36.9 Å². The van der Waals surface area contributed by atoms with Crippen molar-refractivity contribution < 1.29 is 14.7 Å². The first-order valence-corrected chi connectivity index (χ1v) is 8.91. The molecule has 0 bridgehead atoms. The molecule has 1 amide bonds. The topological polar surface area (TPSA) is 69.6 Å². The summed E-state index contributed by atoms with van der Waals surface area (Å²) in [5.41, 5.74) is 2.17. The Kier molecular flexibility index (Phi) is 5.07. The largest absolute Gasteiger partial charge is 0.480 e. The van der Waals surface area contributed by atoms with Crippen molar-refractivity contribution in [3.63, 3.8) is 0 Å². The third-order valence-electron chi connectivity index (χ3n) is 5.46. The first-order valence-electron chi connectivity index (χ1n) is 8.91. The number of carboxylic acid groups (broad SMARTS) is 1. The van der Waals surface area contributed by atoms with Gasteiger partial charge in [-0.05, 0) is 43.7 Å². The molecule has 1 aromatic rings. The molecule has 0 spiro atoms. The van der Waals surface area contributed by atoms with Gasteiger partial charge in [0.15, 0.2) is 0 Å². The van der Waals surface area contributed by atoms with Gasteiger partial charge >= 0.3 is 5.97 Å². The fourth-order valence-corrected chi connectivity index (χ4v) is 4.24. The van der Waals surface area contributed by atoms with E-state index in [2.05, 4.69) is 5.32 Å². The van der Waals surface area contributed by atoms with Crippen LogP contribution < -0.4 is 5.32 Å². The molecule has 0 radical (unpaired) electrons. The molecule has 1 heterocycles. The van der Waals surface area contributed by atoms with E-state index in [1.54, 1.807) is 4.90 Å². The van der Waals surface area contributed by atoms with Crippen LogP contribution in [0.5, 0.6) is 0 Å². The van der Waals surface area contributed by atoms with Crippen LogP contribution in [0.25, 0.3) is 0 Å². The minimum atomic E-state index is -0.857. The first-order chi connectivity index (χ1) is 11.6. The summed E-state index contributed by atoms with van der Waals surface area (Å²) in [6, 6.07) is 7.46. The zero-order valence-corrected chi connectivity index (χ0v) is 14.2. The summed E-state index contributed by atoms with van der Waals surface area (Å²) < 4.78 is 0. The Morgan fingerprint density at radius 1 is 1.25 bits per heavy atom. The highest BCUT2D eigenvalue weighted by molar-refractivity contribution is 5.85. The number of carbonyl (C=O) groups excluding carboxylic acids is 1. The molecule has 5 heteroatoms. The lowest BCUT2D eigenvalue weighted by Gasteiger charge is -2.33. The quantitative estimate of drug-likeness (QED) is 0.870. The Balaban J connectivity index is 1.62. The van der Waals surface area contributed by atoms with Crippen LogP contribution in [0, 0.1) is 12.8 Å². The van der Waals surface area contributed by atoms with Crippen molar-refractivity contribution in [3.8, 4) is 0 Å². The maximum absolute atomic E-state index is 12.7. The number of aliphatic carboxylic acids is 1. The van der Waals surface area contributed by atoms with Crippen LogP contribution in [0.1, 0.15) is 44.1 Å². The predicted molar refractivity (Wildman–Crippen MR) is 92.9 cm³/mol. The van der Waals surface area contributed by atoms with Crippen LogP contribution in [0.3, 0.4) is 0 Å². The molecule has 1 aliphatic carbocycles. The zero-order chi connectivity index (χ0) is 17.1. The van der Waals surface area contributed by atoms with Gasteiger partial charge < -0.3 is 15.3 Å². The number of aryl methyl sites for hydroxylation is 1. The highest BCUT2D eigenvalue weighted by atomic mass is 16.4. The monoisotopic (exact) mass is 330 g/mol. The molecule has 3 atom stereocenters. The van der Waals surface area contributed by atoms with E-state index in [0.29, 0.717) is 25.3 Å². The minimum absolute atomic E-state index is 0.0297. The van der Waals surface area contributed by atoms with Crippen molar-refractivity contribution in [2.75, 3.05) is 11.9 Å². The minimum Gasteiger partial charge on any atom is -0.480 e. The molecule has 2 aliphatic rings. The number of carboxylic acids is 1. The number of carbonyl (C=O) groups is 2. The van der Waals surface area contributed by atoms with E-state index in [1.807, 2.05) is 31.2 Å². The van der Waals surface area contributed by atoms with Crippen molar-refractivity contribution in [2.24, 2.45) is 5.92 Å². The van der Waals surface area contributed by atoms with Crippen LogP contribution in [-0.2, 0) is 9.59 Å². The first kappa shape index (κ1) is 16.8. The number of fused-ring (bicyclic) bond motifs is 1. The van der Waals surface area contributed by atoms with Gasteiger partial charge in [0.05, 0.1) is 0 Å². The van der Waals surface area contributed by atoms with E-state index in [1.165, 1.54) is 0 Å². The molecule has 2 N–H and O–H groups in total. The molecule has 3 unspecified atom stereocenters. The lowest BCUT2D eigenvalue weighted by molar-refractivity contribution is -0.149. The molecule has 24 heavy (non-hydrogen) atoms. The third kappa shape index (κ3) is 3.40. The van der Waals surface area contributed by atoms with Gasteiger partial charge in [-0.1, -0.05) is 31.0 Å². The molecule has 1 aliphatic heterocycles. The summed E-state index contributed by atoms with van der Waals surface area (Å²) in [5.74, 6) is -0.518. The molecule has 3 rings (SSSR count). The SMILES string of the molecule is Cc1ccccc1NCCC(=O)N1C(C(=O)O)CC2CCCCC21. The van der Waals surface area contributed by atoms with E-state index in [9.17, 15) is 14.7 Å². The molecule has 0 aromatic heterocycles. The highest BCUT2D eigenvalue weighted by Gasteiger charge is 2.47. The number of amides is 1. The Morgan fingerprint density at radius 3 is 2.75 bits per heavy atom. The van der Waals surface area contributed by atoms with Gasteiger partial charge in [0.1, 0.15) is 6.04 Å². The fraction of sp³-hybridized carbons (Fsp3) is 0.579. The number of nitrogens with one attached hydrogen (secondary N) is 1. The van der Waals surface area contributed by atoms with Gasteiger partial charge in [-0.3, -0.25) is 4.79 Å². The summed E-state index contributed by atoms with van der Waals surface area (Å²) >= 11 is 0. The Bertz CT molecular complexity index is 616. The number of benzene rings is 1. The molecule has 1 aromatic carbocycles. The average molecular weight is 330 g/mol. The second-order valence-corrected chi connectivity index (χ2v) is 6.99. The van der Waals surface area contributed by atoms with Crippen LogP contribution in [-0.4, -0.2) is 40.5 Å². The predicted octanol–water partition coefficient (Wildman–Crippen LogP) is 3.04. The Hall–Kier alpha value is -2.04. The standard InChI is InChI=1S/C19H26N2O3/c1-13-6-2-4-8-15(13)20-11-10-18(22)21-16-9-5-3-7-14(16)12-17(21)19(23)24/h2,4,6,8,14,16-17,20H,3,5,7,9-12H2,1H3,(H,23,24). The smallest absolute Gasteiger partial charge is 0.326 e. The number of para-hydroxylation sites is 1. The summed E-state index contributed by atoms with van der Waals surface area (Å²) in [6.45, 7) is 2.56. The van der Waals surface area contributed by atoms with Gasteiger partial charge in [0, 0.05) is 24.7 Å². The number of nitrogens with zero attached hydrogens (tertiary/aromatic N) is 1. The maximum Gasteiger partial charge on any atom is 0.326 e. The Labute approximate surface area is 143 Å². The van der Waals surface area contributed by atoms with Crippen molar-refractivity contribution in [1.29, 1.82) is 0 Å². The Morgan fingerprint density at radius 2 is 2.00 bits per heavy atom. The van der Waals surface area contributed by atoms with Crippen molar-refractivity contribution >= 4 is 17.6 Å².